The molecular weight excluding hydrogens is 331 g/mol. The monoisotopic (exact) mass is 356 g/mol. The smallest absolute Gasteiger partial charge is 0.308 e. The number of hydrogen-bond donors (Lipinski definition) is 0. The SMILES string of the molecule is Cc1cc(C)c(C(=O)C(CC(=O)OP)C(C)c2ccccc2)c(C)c1. The predicted octanol–water partition coefficient (Wildman–Crippen LogP) is 4.94. The molecule has 0 fully saturated rings. The fourth-order valence-corrected chi connectivity index (χ4v) is 3.56. The molecule has 0 spiro atoms. The van der Waals surface area contributed by atoms with E-state index in [9.17, 15) is 9.59 Å². The van der Waals surface area contributed by atoms with Crippen LogP contribution in [0.4, 0.5) is 0 Å². The van der Waals surface area contributed by atoms with Gasteiger partial charge < -0.3 is 4.52 Å². The van der Waals surface area contributed by atoms with E-state index in [-0.39, 0.29) is 18.1 Å². The maximum absolute atomic E-state index is 13.3. The first kappa shape index (κ1) is 19.3. The average molecular weight is 356 g/mol. The standard InChI is InChI=1S/C21H25O3P/c1-13-10-14(2)20(15(3)11-13)21(23)18(12-19(22)24-25)16(4)17-8-6-5-7-9-17/h5-11,16,18H,12,25H2,1-4H3. The fraction of sp³-hybridized carbons (Fsp3) is 0.333. The zero-order chi connectivity index (χ0) is 18.6. The lowest BCUT2D eigenvalue weighted by Crippen LogP contribution is -2.25. The highest BCUT2D eigenvalue weighted by molar-refractivity contribution is 7.10. The first-order valence-corrected chi connectivity index (χ1v) is 8.88. The maximum Gasteiger partial charge on any atom is 0.308 e. The van der Waals surface area contributed by atoms with Crippen molar-refractivity contribution in [2.75, 3.05) is 0 Å². The van der Waals surface area contributed by atoms with E-state index in [0.29, 0.717) is 0 Å². The molecule has 2 aromatic rings. The molecule has 25 heavy (non-hydrogen) atoms. The number of aryl methyl sites for hydroxylation is 3. The highest BCUT2D eigenvalue weighted by Gasteiger charge is 2.31. The lowest BCUT2D eigenvalue weighted by molar-refractivity contribution is -0.134. The van der Waals surface area contributed by atoms with Crippen molar-refractivity contribution in [2.45, 2.75) is 40.0 Å². The zero-order valence-corrected chi connectivity index (χ0v) is 16.4. The molecule has 2 rings (SSSR count). The highest BCUT2D eigenvalue weighted by Crippen LogP contribution is 2.32. The first-order valence-electron chi connectivity index (χ1n) is 8.41. The summed E-state index contributed by atoms with van der Waals surface area (Å²) in [5, 5.41) is 0. The van der Waals surface area contributed by atoms with Gasteiger partial charge in [0.25, 0.3) is 0 Å². The van der Waals surface area contributed by atoms with Crippen molar-refractivity contribution in [3.05, 3.63) is 70.3 Å². The van der Waals surface area contributed by atoms with Gasteiger partial charge in [-0.2, -0.15) is 0 Å². The number of carbonyl (C=O) groups is 2. The van der Waals surface area contributed by atoms with Crippen LogP contribution in [-0.4, -0.2) is 11.8 Å². The molecule has 0 amide bonds. The molecule has 3 atom stereocenters. The van der Waals surface area contributed by atoms with Crippen LogP contribution in [0.2, 0.25) is 0 Å². The van der Waals surface area contributed by atoms with Crippen molar-refractivity contribution >= 4 is 21.2 Å². The van der Waals surface area contributed by atoms with E-state index in [4.69, 9.17) is 4.52 Å². The van der Waals surface area contributed by atoms with Crippen molar-refractivity contribution in [1.29, 1.82) is 0 Å². The zero-order valence-electron chi connectivity index (χ0n) is 15.2. The van der Waals surface area contributed by atoms with Crippen LogP contribution >= 0.6 is 9.47 Å². The number of ketones is 1. The van der Waals surface area contributed by atoms with Gasteiger partial charge in [-0.05, 0) is 43.4 Å². The summed E-state index contributed by atoms with van der Waals surface area (Å²) < 4.78 is 4.76. The Morgan fingerprint density at radius 1 is 1.04 bits per heavy atom. The minimum absolute atomic E-state index is 0.00162. The van der Waals surface area contributed by atoms with E-state index in [1.807, 2.05) is 79.6 Å². The first-order chi connectivity index (χ1) is 11.8. The minimum Gasteiger partial charge on any atom is -0.451 e. The molecule has 4 heteroatoms. The van der Waals surface area contributed by atoms with E-state index in [0.717, 1.165) is 27.8 Å². The topological polar surface area (TPSA) is 43.4 Å². The second-order valence-electron chi connectivity index (χ2n) is 6.64. The van der Waals surface area contributed by atoms with E-state index < -0.39 is 11.9 Å². The number of hydrogen-bond acceptors (Lipinski definition) is 3. The predicted molar refractivity (Wildman–Crippen MR) is 104 cm³/mol. The third kappa shape index (κ3) is 4.55. The Morgan fingerprint density at radius 2 is 1.60 bits per heavy atom. The Bertz CT molecular complexity index is 745. The number of Topliss-reactive ketones (excluding diaryl/α,β-unsaturated/α-hetero) is 1. The minimum atomic E-state index is -0.462. The number of benzene rings is 2. The van der Waals surface area contributed by atoms with Gasteiger partial charge in [0.2, 0.25) is 0 Å². The summed E-state index contributed by atoms with van der Waals surface area (Å²) in [6, 6.07) is 13.8. The van der Waals surface area contributed by atoms with Crippen LogP contribution in [0.3, 0.4) is 0 Å². The Balaban J connectivity index is 2.45. The lowest BCUT2D eigenvalue weighted by atomic mass is 9.78. The molecule has 0 saturated heterocycles. The van der Waals surface area contributed by atoms with Gasteiger partial charge in [0.05, 0.1) is 15.9 Å². The lowest BCUT2D eigenvalue weighted by Gasteiger charge is -2.24. The summed E-state index contributed by atoms with van der Waals surface area (Å²) in [6.07, 6.45) is 0.0607. The molecule has 132 valence electrons. The molecule has 0 aliphatic carbocycles. The summed E-state index contributed by atoms with van der Waals surface area (Å²) in [4.78, 5) is 25.3. The third-order valence-corrected chi connectivity index (χ3v) is 4.97. The van der Waals surface area contributed by atoms with Crippen LogP contribution in [0.1, 0.15) is 51.9 Å². The molecule has 0 radical (unpaired) electrons. The van der Waals surface area contributed by atoms with Crippen LogP contribution in [0.5, 0.6) is 0 Å². The van der Waals surface area contributed by atoms with Gasteiger partial charge >= 0.3 is 5.97 Å². The third-order valence-electron chi connectivity index (χ3n) is 4.71. The van der Waals surface area contributed by atoms with Gasteiger partial charge in [0.1, 0.15) is 0 Å². The summed E-state index contributed by atoms with van der Waals surface area (Å²) >= 11 is 0. The molecule has 2 aromatic carbocycles. The van der Waals surface area contributed by atoms with Gasteiger partial charge in [0, 0.05) is 11.5 Å². The van der Waals surface area contributed by atoms with Crippen molar-refractivity contribution in [3.8, 4) is 0 Å². The fourth-order valence-electron chi connectivity index (χ4n) is 3.47. The van der Waals surface area contributed by atoms with Crippen LogP contribution in [0.25, 0.3) is 0 Å². The van der Waals surface area contributed by atoms with Crippen LogP contribution in [0, 0.1) is 26.7 Å². The van der Waals surface area contributed by atoms with E-state index >= 15 is 0 Å². The largest absolute Gasteiger partial charge is 0.451 e. The average Bonchev–Trinajstić information content (AvgIpc) is 2.58. The van der Waals surface area contributed by atoms with Crippen molar-refractivity contribution in [2.24, 2.45) is 5.92 Å². The molecule has 0 aliphatic rings. The quantitative estimate of drug-likeness (QED) is 0.544. The molecule has 0 saturated carbocycles. The molecule has 0 aromatic heterocycles. The maximum atomic E-state index is 13.3. The molecule has 0 N–H and O–H groups in total. The van der Waals surface area contributed by atoms with Crippen molar-refractivity contribution in [1.82, 2.24) is 0 Å². The molecular formula is C21H25O3P. The number of carbonyl (C=O) groups excluding carboxylic acids is 2. The molecule has 0 aliphatic heterocycles. The molecule has 3 nitrogen and oxygen atoms in total. The van der Waals surface area contributed by atoms with E-state index in [2.05, 4.69) is 0 Å². The molecule has 3 unspecified atom stereocenters. The second kappa shape index (κ2) is 8.40. The Kier molecular flexibility index (Phi) is 6.50. The van der Waals surface area contributed by atoms with Gasteiger partial charge in [0.15, 0.2) is 5.78 Å². The van der Waals surface area contributed by atoms with E-state index in [1.165, 1.54) is 0 Å². The number of rotatable bonds is 6. The summed E-state index contributed by atoms with van der Waals surface area (Å²) in [5.41, 5.74) is 4.79. The Hall–Kier alpha value is -1.99. The highest BCUT2D eigenvalue weighted by atomic mass is 31.0. The normalized spacial score (nSPS) is 13.2. The van der Waals surface area contributed by atoms with Gasteiger partial charge in [-0.15, -0.1) is 0 Å². The summed E-state index contributed by atoms with van der Waals surface area (Å²) in [7, 11) is 1.97. The Labute approximate surface area is 152 Å². The van der Waals surface area contributed by atoms with Crippen LogP contribution < -0.4 is 0 Å². The van der Waals surface area contributed by atoms with Gasteiger partial charge in [-0.3, -0.25) is 9.59 Å². The molecule has 0 bridgehead atoms. The molecule has 0 heterocycles. The van der Waals surface area contributed by atoms with E-state index in [1.54, 1.807) is 0 Å². The Morgan fingerprint density at radius 3 is 2.12 bits per heavy atom. The van der Waals surface area contributed by atoms with Crippen LogP contribution in [-0.2, 0) is 9.32 Å². The van der Waals surface area contributed by atoms with Crippen molar-refractivity contribution in [3.63, 3.8) is 0 Å². The summed E-state index contributed by atoms with van der Waals surface area (Å²) in [6.45, 7) is 7.91. The van der Waals surface area contributed by atoms with Crippen molar-refractivity contribution < 1.29 is 14.1 Å². The van der Waals surface area contributed by atoms with Gasteiger partial charge in [-0.1, -0.05) is 55.0 Å². The second-order valence-corrected chi connectivity index (χ2v) is 6.87. The summed E-state index contributed by atoms with van der Waals surface area (Å²) in [5.74, 6) is -0.941. The van der Waals surface area contributed by atoms with Gasteiger partial charge in [-0.25, -0.2) is 0 Å². The van der Waals surface area contributed by atoms with Crippen LogP contribution in [0.15, 0.2) is 42.5 Å².